The molecule has 0 fully saturated rings. The molecule has 4 unspecified atom stereocenters. The van der Waals surface area contributed by atoms with Gasteiger partial charge in [-0.2, -0.15) is 0 Å². The maximum absolute atomic E-state index is 13.7. The summed E-state index contributed by atoms with van der Waals surface area (Å²) >= 11 is 3.16. The molecule has 0 saturated heterocycles. The van der Waals surface area contributed by atoms with Crippen LogP contribution in [0.2, 0.25) is 0 Å². The predicted molar refractivity (Wildman–Crippen MR) is 229 cm³/mol. The van der Waals surface area contributed by atoms with Crippen molar-refractivity contribution in [2.24, 2.45) is 35.1 Å². The molecule has 0 aliphatic carbocycles. The predicted octanol–water partition coefficient (Wildman–Crippen LogP) is 9.55. The fraction of sp³-hybridized carbons (Fsp3) is 0.478. The van der Waals surface area contributed by atoms with Gasteiger partial charge in [-0.15, -0.1) is 0 Å². The molecule has 4 atom stereocenters. The van der Waals surface area contributed by atoms with Crippen LogP contribution in [0.25, 0.3) is 0 Å². The van der Waals surface area contributed by atoms with Crippen LogP contribution < -0.4 is 11.5 Å². The Kier molecular flexibility index (Phi) is 25.7. The zero-order valence-corrected chi connectivity index (χ0v) is 35.9. The number of aryl methyl sites for hydroxylation is 2. The molecule has 5 N–H and O–H groups in total. The molecule has 13 heteroatoms. The third kappa shape index (κ3) is 20.7. The number of amides is 2. The van der Waals surface area contributed by atoms with Crippen molar-refractivity contribution in [1.82, 2.24) is 0 Å². The van der Waals surface area contributed by atoms with Crippen LogP contribution >= 0.6 is 15.9 Å². The van der Waals surface area contributed by atoms with Crippen molar-refractivity contribution in [2.75, 3.05) is 0 Å². The number of Topliss-reactive ketones (excluding diaryl/α,β-unsaturated/α-hetero) is 3. The zero-order chi connectivity index (χ0) is 44.1. The molecule has 3 aromatic carbocycles. The molecule has 3 aromatic rings. The van der Waals surface area contributed by atoms with Crippen molar-refractivity contribution in [3.8, 4) is 0 Å². The topological polar surface area (TPSA) is 175 Å². The number of carbonyl (C=O) groups is 6. The Morgan fingerprint density at radius 2 is 1.02 bits per heavy atom. The monoisotopic (exact) mass is 890 g/mol. The van der Waals surface area contributed by atoms with E-state index in [-0.39, 0.29) is 75.0 Å². The number of halogens is 4. The molecule has 0 saturated carbocycles. The summed E-state index contributed by atoms with van der Waals surface area (Å²) in [5.41, 5.74) is 13.2. The van der Waals surface area contributed by atoms with Gasteiger partial charge in [0.15, 0.2) is 0 Å². The summed E-state index contributed by atoms with van der Waals surface area (Å²) in [4.78, 5) is 69.2. The van der Waals surface area contributed by atoms with E-state index in [0.29, 0.717) is 40.4 Å². The Morgan fingerprint density at radius 1 is 0.627 bits per heavy atom. The molecule has 9 nitrogen and oxygen atoms in total. The van der Waals surface area contributed by atoms with Gasteiger partial charge in [-0.1, -0.05) is 101 Å². The standard InChI is InChI=1S/C16H22FNO2.C15H19FO3.C14H17BrFNO2.CH4/c1-4-11(3)14(16(18)20)9-13(19)8-12-6-5-10(2)7-15(12)17;1-3-4-12(15(18)19)9-13(17)8-11-6-5-10(2)7-14(11)16;1-2-3-10(14(17)19)7-12(18)6-9-4-5-11(15)8-13(9)16;/h5-7,11,14H,4,8-9H2,1-3H3,(H2,18,20);5-7,12H,3-4,8-9H2,1-2H3,(H,18,19);4-5,8,10H,2-3,6-7H2,1H3,(H2,17,19);1H4. The lowest BCUT2D eigenvalue weighted by atomic mass is 9.86. The van der Waals surface area contributed by atoms with E-state index in [9.17, 15) is 41.9 Å². The smallest absolute Gasteiger partial charge is 0.306 e. The highest BCUT2D eigenvalue weighted by molar-refractivity contribution is 9.10. The highest BCUT2D eigenvalue weighted by Gasteiger charge is 2.25. The molecule has 59 heavy (non-hydrogen) atoms. The molecular weight excluding hydrogens is 829 g/mol. The lowest BCUT2D eigenvalue weighted by molar-refractivity contribution is -0.144. The molecule has 2 amide bonds. The summed E-state index contributed by atoms with van der Waals surface area (Å²) in [5.74, 6) is -5.17. The van der Waals surface area contributed by atoms with E-state index >= 15 is 0 Å². The minimum absolute atomic E-state index is 0. The third-order valence-corrected chi connectivity index (χ3v) is 10.2. The molecule has 0 heterocycles. The first-order chi connectivity index (χ1) is 27.2. The number of aliphatic carboxylic acids is 1. The van der Waals surface area contributed by atoms with Gasteiger partial charge in [0.2, 0.25) is 11.8 Å². The van der Waals surface area contributed by atoms with E-state index in [1.807, 2.05) is 27.7 Å². The molecule has 3 rings (SSSR count). The van der Waals surface area contributed by atoms with Gasteiger partial charge in [0.25, 0.3) is 0 Å². The van der Waals surface area contributed by atoms with Gasteiger partial charge in [0.05, 0.1) is 5.92 Å². The van der Waals surface area contributed by atoms with Crippen LogP contribution in [0.1, 0.15) is 114 Å². The number of carbonyl (C=O) groups excluding carboxylic acids is 5. The largest absolute Gasteiger partial charge is 0.481 e. The van der Waals surface area contributed by atoms with Crippen molar-refractivity contribution >= 4 is 51.1 Å². The highest BCUT2D eigenvalue weighted by atomic mass is 79.9. The van der Waals surface area contributed by atoms with Crippen LogP contribution in [-0.4, -0.2) is 40.2 Å². The first-order valence-electron chi connectivity index (χ1n) is 19.5. The van der Waals surface area contributed by atoms with Crippen LogP contribution in [0.15, 0.2) is 59.1 Å². The number of carboxylic acids is 1. The van der Waals surface area contributed by atoms with Crippen LogP contribution in [0, 0.1) is 55.0 Å². The summed E-state index contributed by atoms with van der Waals surface area (Å²) in [6.45, 7) is 11.2. The number of ketones is 3. The van der Waals surface area contributed by atoms with Gasteiger partial charge < -0.3 is 16.6 Å². The lowest BCUT2D eigenvalue weighted by Crippen LogP contribution is -2.31. The Balaban J connectivity index is 0.000000848. The number of hydrogen-bond donors (Lipinski definition) is 3. The van der Waals surface area contributed by atoms with Gasteiger partial charge in [-0.25, -0.2) is 13.2 Å². The summed E-state index contributed by atoms with van der Waals surface area (Å²) in [7, 11) is 0. The van der Waals surface area contributed by atoms with Gasteiger partial charge in [0.1, 0.15) is 34.8 Å². The second kappa shape index (κ2) is 27.9. The number of nitrogens with two attached hydrogens (primary N) is 2. The van der Waals surface area contributed by atoms with Crippen LogP contribution in [-0.2, 0) is 48.0 Å². The van der Waals surface area contributed by atoms with E-state index in [2.05, 4.69) is 15.9 Å². The second-order valence-electron chi connectivity index (χ2n) is 14.8. The Bertz CT molecular complexity index is 1780. The van der Waals surface area contributed by atoms with Crippen molar-refractivity contribution in [3.63, 3.8) is 0 Å². The van der Waals surface area contributed by atoms with E-state index in [1.165, 1.54) is 18.2 Å². The van der Waals surface area contributed by atoms with Crippen LogP contribution in [0.5, 0.6) is 0 Å². The summed E-state index contributed by atoms with van der Waals surface area (Å²) in [6, 6.07) is 14.1. The normalized spacial score (nSPS) is 12.5. The average molecular weight is 892 g/mol. The van der Waals surface area contributed by atoms with Gasteiger partial charge >= 0.3 is 5.97 Å². The van der Waals surface area contributed by atoms with Crippen LogP contribution in [0.4, 0.5) is 13.2 Å². The van der Waals surface area contributed by atoms with Crippen LogP contribution in [0.3, 0.4) is 0 Å². The summed E-state index contributed by atoms with van der Waals surface area (Å²) in [6.07, 6.45) is 3.42. The van der Waals surface area contributed by atoms with Gasteiger partial charge in [-0.3, -0.25) is 28.8 Å². The minimum Gasteiger partial charge on any atom is -0.481 e. The maximum atomic E-state index is 13.7. The van der Waals surface area contributed by atoms with Crippen molar-refractivity contribution in [3.05, 3.63) is 104 Å². The average Bonchev–Trinajstić information content (AvgIpc) is 3.14. The quantitative estimate of drug-likeness (QED) is 0.0955. The maximum Gasteiger partial charge on any atom is 0.306 e. The van der Waals surface area contributed by atoms with E-state index < -0.39 is 47.2 Å². The first-order valence-corrected chi connectivity index (χ1v) is 20.3. The fourth-order valence-corrected chi connectivity index (χ4v) is 6.46. The van der Waals surface area contributed by atoms with Crippen molar-refractivity contribution in [2.45, 2.75) is 120 Å². The molecule has 0 radical (unpaired) electrons. The number of carboxylic acid groups (broad SMARTS) is 1. The van der Waals surface area contributed by atoms with E-state index in [0.717, 1.165) is 24.0 Å². The molecule has 0 spiro atoms. The minimum atomic E-state index is -0.959. The van der Waals surface area contributed by atoms with Crippen molar-refractivity contribution < 1.29 is 47.0 Å². The van der Waals surface area contributed by atoms with Crippen molar-refractivity contribution in [1.29, 1.82) is 0 Å². The zero-order valence-electron chi connectivity index (χ0n) is 34.3. The number of benzene rings is 3. The Labute approximate surface area is 356 Å². The Morgan fingerprint density at radius 3 is 1.37 bits per heavy atom. The summed E-state index contributed by atoms with van der Waals surface area (Å²) < 4.78 is 41.5. The number of primary amides is 2. The molecule has 0 bridgehead atoms. The van der Waals surface area contributed by atoms with E-state index in [1.54, 1.807) is 50.2 Å². The Hall–Kier alpha value is -4.65. The lowest BCUT2D eigenvalue weighted by Gasteiger charge is -2.18. The second-order valence-corrected chi connectivity index (χ2v) is 15.7. The number of rotatable bonds is 21. The third-order valence-electron chi connectivity index (χ3n) is 9.71. The molecule has 0 aliphatic rings. The first kappa shape index (κ1) is 54.3. The number of hydrogen-bond acceptors (Lipinski definition) is 6. The molecule has 326 valence electrons. The van der Waals surface area contributed by atoms with Gasteiger partial charge in [-0.05, 0) is 84.7 Å². The van der Waals surface area contributed by atoms with E-state index in [4.69, 9.17) is 16.6 Å². The SMILES string of the molecule is C.CCC(C)C(CC(=O)Cc1ccc(C)cc1F)C(N)=O.CCCC(CC(=O)Cc1ccc(Br)cc1F)C(N)=O.CCCC(CC(=O)Cc1ccc(C)cc1F)C(=O)O. The highest BCUT2D eigenvalue weighted by Crippen LogP contribution is 2.22. The molecular formula is C46H62BrF3N2O7. The molecule has 0 aromatic heterocycles. The fourth-order valence-electron chi connectivity index (χ4n) is 6.13. The molecule has 0 aliphatic heterocycles. The summed E-state index contributed by atoms with van der Waals surface area (Å²) in [5, 5.41) is 8.98. The van der Waals surface area contributed by atoms with Gasteiger partial charge in [0, 0.05) is 54.8 Å².